The SMILES string of the molecule is C=C(/C=c1\c(=C\CC2CCCC2O)nc(C2CC2)n1C(=O)OC(C)(C)C)c1c(C)noc1C. The zero-order valence-electron chi connectivity index (χ0n) is 20.4. The van der Waals surface area contributed by atoms with E-state index in [0.717, 1.165) is 61.0 Å². The number of nitrogens with zero attached hydrogens (tertiary/aromatic N) is 3. The Hall–Kier alpha value is -2.67. The van der Waals surface area contributed by atoms with E-state index in [-0.39, 0.29) is 17.9 Å². The fraction of sp³-hybridized carbons (Fsp3) is 0.577. The second kappa shape index (κ2) is 8.93. The van der Waals surface area contributed by atoms with E-state index < -0.39 is 11.7 Å². The largest absolute Gasteiger partial charge is 0.443 e. The number of imidazole rings is 1. The molecule has 2 fully saturated rings. The molecule has 7 nitrogen and oxygen atoms in total. The highest BCUT2D eigenvalue weighted by atomic mass is 16.6. The number of aliphatic hydroxyl groups excluding tert-OH is 1. The van der Waals surface area contributed by atoms with Gasteiger partial charge < -0.3 is 14.4 Å². The first-order valence-electron chi connectivity index (χ1n) is 11.9. The van der Waals surface area contributed by atoms with Crippen molar-refractivity contribution in [3.05, 3.63) is 40.1 Å². The molecule has 0 amide bonds. The third-order valence-electron chi connectivity index (χ3n) is 6.38. The predicted octanol–water partition coefficient (Wildman–Crippen LogP) is 3.97. The minimum Gasteiger partial charge on any atom is -0.443 e. The second-order valence-electron chi connectivity index (χ2n) is 10.4. The number of carbonyl (C=O) groups is 1. The van der Waals surface area contributed by atoms with E-state index in [9.17, 15) is 9.90 Å². The van der Waals surface area contributed by atoms with Crippen molar-refractivity contribution in [3.8, 4) is 0 Å². The molecule has 2 atom stereocenters. The molecule has 2 aromatic heterocycles. The van der Waals surface area contributed by atoms with Gasteiger partial charge in [0.2, 0.25) is 0 Å². The molecule has 0 radical (unpaired) electrons. The van der Waals surface area contributed by atoms with Crippen LogP contribution in [0.15, 0.2) is 11.1 Å². The van der Waals surface area contributed by atoms with Gasteiger partial charge in [-0.15, -0.1) is 0 Å². The van der Waals surface area contributed by atoms with Crippen LogP contribution in [0.25, 0.3) is 17.7 Å². The highest BCUT2D eigenvalue weighted by Gasteiger charge is 2.33. The predicted molar refractivity (Wildman–Crippen MR) is 127 cm³/mol. The topological polar surface area (TPSA) is 90.4 Å². The Kier molecular flexibility index (Phi) is 6.36. The summed E-state index contributed by atoms with van der Waals surface area (Å²) in [7, 11) is 0. The zero-order chi connectivity index (χ0) is 23.9. The van der Waals surface area contributed by atoms with Crippen LogP contribution >= 0.6 is 0 Å². The number of carbonyl (C=O) groups excluding carboxylic acids is 1. The Morgan fingerprint density at radius 2 is 2.00 bits per heavy atom. The molecular weight excluding hydrogens is 418 g/mol. The lowest BCUT2D eigenvalue weighted by molar-refractivity contribution is 0.0527. The molecule has 1 N–H and O–H groups in total. The van der Waals surface area contributed by atoms with Gasteiger partial charge in [-0.25, -0.2) is 14.3 Å². The fourth-order valence-electron chi connectivity index (χ4n) is 4.61. The standard InChI is InChI=1S/C26H35N3O4/c1-15(23-16(2)28-33-17(23)3)14-21-20(13-12-18-8-7-9-22(18)30)27-24(19-10-11-19)29(21)25(31)32-26(4,5)6/h13-14,18-19,22,30H,1,7-12H2,2-6H3/b20-13-,21-14+. The number of hydrogen-bond donors (Lipinski definition) is 1. The maximum atomic E-state index is 13.3. The summed E-state index contributed by atoms with van der Waals surface area (Å²) in [6.07, 6.45) is 8.85. The molecular formula is C26H35N3O4. The van der Waals surface area contributed by atoms with E-state index in [4.69, 9.17) is 14.2 Å². The Bertz CT molecular complexity index is 1160. The molecule has 2 unspecified atom stereocenters. The first-order chi connectivity index (χ1) is 15.5. The van der Waals surface area contributed by atoms with Crippen molar-refractivity contribution in [2.75, 3.05) is 0 Å². The van der Waals surface area contributed by atoms with Crippen molar-refractivity contribution in [3.63, 3.8) is 0 Å². The lowest BCUT2D eigenvalue weighted by Crippen LogP contribution is -2.38. The molecule has 2 aromatic rings. The van der Waals surface area contributed by atoms with Crippen molar-refractivity contribution < 1.29 is 19.2 Å². The quantitative estimate of drug-likeness (QED) is 0.737. The molecule has 7 heteroatoms. The van der Waals surface area contributed by atoms with Gasteiger partial charge in [0.25, 0.3) is 0 Å². The summed E-state index contributed by atoms with van der Waals surface area (Å²) in [4.78, 5) is 18.2. The minimum atomic E-state index is -0.629. The van der Waals surface area contributed by atoms with Crippen molar-refractivity contribution in [2.24, 2.45) is 5.92 Å². The number of ether oxygens (including phenoxy) is 1. The van der Waals surface area contributed by atoms with Gasteiger partial charge in [-0.3, -0.25) is 0 Å². The van der Waals surface area contributed by atoms with Gasteiger partial charge in [-0.2, -0.15) is 0 Å². The van der Waals surface area contributed by atoms with Gasteiger partial charge in [-0.05, 0) is 84.3 Å². The van der Waals surface area contributed by atoms with Crippen molar-refractivity contribution in [1.29, 1.82) is 0 Å². The van der Waals surface area contributed by atoms with Gasteiger partial charge >= 0.3 is 6.09 Å². The number of allylic oxidation sites excluding steroid dienone is 1. The number of aliphatic hydroxyl groups is 1. The van der Waals surface area contributed by atoms with Crippen molar-refractivity contribution in [1.82, 2.24) is 14.7 Å². The summed E-state index contributed by atoms with van der Waals surface area (Å²) in [5, 5.41) is 15.7. The molecule has 0 aliphatic heterocycles. The van der Waals surface area contributed by atoms with E-state index in [0.29, 0.717) is 16.7 Å². The van der Waals surface area contributed by atoms with Gasteiger partial charge in [0.1, 0.15) is 17.2 Å². The van der Waals surface area contributed by atoms with E-state index in [1.165, 1.54) is 0 Å². The van der Waals surface area contributed by atoms with E-state index >= 15 is 0 Å². The van der Waals surface area contributed by atoms with Gasteiger partial charge in [0.05, 0.1) is 22.5 Å². The molecule has 33 heavy (non-hydrogen) atoms. The van der Waals surface area contributed by atoms with Crippen LogP contribution in [-0.4, -0.2) is 37.6 Å². The molecule has 0 bridgehead atoms. The Balaban J connectivity index is 1.86. The van der Waals surface area contributed by atoms with Crippen LogP contribution in [0.5, 0.6) is 0 Å². The summed E-state index contributed by atoms with van der Waals surface area (Å²) in [6, 6.07) is 0. The average Bonchev–Trinajstić information content (AvgIpc) is 3.26. The van der Waals surface area contributed by atoms with E-state index in [2.05, 4.69) is 17.8 Å². The molecule has 4 rings (SSSR count). The summed E-state index contributed by atoms with van der Waals surface area (Å²) >= 11 is 0. The molecule has 2 aliphatic carbocycles. The molecule has 2 heterocycles. The number of rotatable bonds is 5. The summed E-state index contributed by atoms with van der Waals surface area (Å²) in [6.45, 7) is 13.6. The molecule has 2 aliphatic rings. The van der Waals surface area contributed by atoms with Gasteiger partial charge in [0, 0.05) is 11.5 Å². The number of aromatic nitrogens is 3. The smallest absolute Gasteiger partial charge is 0.420 e. The highest BCUT2D eigenvalue weighted by molar-refractivity contribution is 5.89. The van der Waals surface area contributed by atoms with Crippen molar-refractivity contribution >= 4 is 23.8 Å². The first-order valence-corrected chi connectivity index (χ1v) is 11.9. The maximum absolute atomic E-state index is 13.3. The number of aryl methyl sites for hydroxylation is 2. The molecule has 0 aromatic carbocycles. The maximum Gasteiger partial charge on any atom is 0.420 e. The van der Waals surface area contributed by atoms with Crippen LogP contribution in [0.1, 0.15) is 88.1 Å². The summed E-state index contributed by atoms with van der Waals surface area (Å²) < 4.78 is 12.7. The third-order valence-corrected chi connectivity index (χ3v) is 6.38. The van der Waals surface area contributed by atoms with Gasteiger partial charge in [0.15, 0.2) is 0 Å². The average molecular weight is 454 g/mol. The number of hydrogen-bond acceptors (Lipinski definition) is 6. The summed E-state index contributed by atoms with van der Waals surface area (Å²) in [5.41, 5.74) is 1.65. The zero-order valence-corrected chi connectivity index (χ0v) is 20.4. The lowest BCUT2D eigenvalue weighted by Gasteiger charge is -2.20. The summed E-state index contributed by atoms with van der Waals surface area (Å²) in [5.74, 6) is 1.88. The van der Waals surface area contributed by atoms with Crippen LogP contribution in [-0.2, 0) is 4.74 Å². The van der Waals surface area contributed by atoms with E-state index in [1.54, 1.807) is 4.57 Å². The van der Waals surface area contributed by atoms with Crippen LogP contribution in [0.4, 0.5) is 4.79 Å². The Labute approximate surface area is 194 Å². The highest BCUT2D eigenvalue weighted by Crippen LogP contribution is 2.38. The minimum absolute atomic E-state index is 0.222. The van der Waals surface area contributed by atoms with Crippen LogP contribution < -0.4 is 10.7 Å². The van der Waals surface area contributed by atoms with Crippen molar-refractivity contribution in [2.45, 2.75) is 90.8 Å². The molecule has 0 spiro atoms. The Morgan fingerprint density at radius 3 is 2.55 bits per heavy atom. The molecule has 178 valence electrons. The normalized spacial score (nSPS) is 22.2. The monoisotopic (exact) mass is 453 g/mol. The van der Waals surface area contributed by atoms with Crippen LogP contribution in [0, 0.1) is 19.8 Å². The second-order valence-corrected chi connectivity index (χ2v) is 10.4. The van der Waals surface area contributed by atoms with Crippen LogP contribution in [0.3, 0.4) is 0 Å². The van der Waals surface area contributed by atoms with Crippen LogP contribution in [0.2, 0.25) is 0 Å². The lowest BCUT2D eigenvalue weighted by atomic mass is 10.0. The molecule has 2 saturated carbocycles. The van der Waals surface area contributed by atoms with E-state index in [1.807, 2.05) is 40.7 Å². The molecule has 0 saturated heterocycles. The van der Waals surface area contributed by atoms with Gasteiger partial charge in [-0.1, -0.05) is 24.2 Å². The Morgan fingerprint density at radius 1 is 1.27 bits per heavy atom. The third kappa shape index (κ3) is 5.13. The first kappa shape index (κ1) is 23.5. The fourth-order valence-corrected chi connectivity index (χ4v) is 4.61.